The second kappa shape index (κ2) is 11.1. The molecule has 0 aromatic carbocycles. The number of carboxylic acid groups (broad SMARTS) is 1. The van der Waals surface area contributed by atoms with E-state index in [0.29, 0.717) is 6.54 Å². The Labute approximate surface area is 218 Å². The van der Waals surface area contributed by atoms with Gasteiger partial charge in [0, 0.05) is 18.9 Å². The molecule has 1 aromatic heterocycles. The Hall–Kier alpha value is -3.04. The number of likely N-dealkylation sites (tertiary alicyclic amines) is 1. The van der Waals surface area contributed by atoms with Crippen molar-refractivity contribution < 1.29 is 24.3 Å². The zero-order valence-electron chi connectivity index (χ0n) is 22.0. The van der Waals surface area contributed by atoms with Gasteiger partial charge in [-0.05, 0) is 48.9 Å². The number of fused-ring (bicyclic) bond motifs is 1. The van der Waals surface area contributed by atoms with E-state index in [1.807, 2.05) is 20.8 Å². The van der Waals surface area contributed by atoms with E-state index >= 15 is 0 Å². The number of aromatic nitrogens is 2. The Morgan fingerprint density at radius 1 is 1.00 bits per heavy atom. The van der Waals surface area contributed by atoms with Crippen LogP contribution in [0.25, 0.3) is 0 Å². The third-order valence-corrected chi connectivity index (χ3v) is 8.31. The number of hydrogen-bond acceptors (Lipinski definition) is 6. The van der Waals surface area contributed by atoms with E-state index in [4.69, 9.17) is 0 Å². The van der Waals surface area contributed by atoms with Gasteiger partial charge in [0.2, 0.25) is 11.8 Å². The molecule has 37 heavy (non-hydrogen) atoms. The SMILES string of the molecule is CC(C)(C)C(NC(=O)C(NC(=O)c1cnccn1)C1CCCCC1)C(=O)N1CC2CCCC2C1C(=O)O. The highest BCUT2D eigenvalue weighted by atomic mass is 16.4. The number of nitrogens with zero attached hydrogens (tertiary/aromatic N) is 3. The fourth-order valence-corrected chi connectivity index (χ4v) is 6.39. The largest absolute Gasteiger partial charge is 0.480 e. The number of carbonyl (C=O) groups excluding carboxylic acids is 3. The molecule has 3 amide bonds. The smallest absolute Gasteiger partial charge is 0.326 e. The summed E-state index contributed by atoms with van der Waals surface area (Å²) in [6.45, 7) is 5.97. The Morgan fingerprint density at radius 3 is 2.35 bits per heavy atom. The van der Waals surface area contributed by atoms with Crippen molar-refractivity contribution in [3.05, 3.63) is 24.3 Å². The average Bonchev–Trinajstić information content (AvgIpc) is 3.47. The maximum atomic E-state index is 13.9. The fraction of sp³-hybridized carbons (Fsp3) is 0.704. The highest BCUT2D eigenvalue weighted by molar-refractivity contribution is 5.97. The van der Waals surface area contributed by atoms with Crippen LogP contribution in [-0.4, -0.2) is 68.3 Å². The van der Waals surface area contributed by atoms with Crippen molar-refractivity contribution in [2.75, 3.05) is 6.54 Å². The minimum Gasteiger partial charge on any atom is -0.480 e. The number of carboxylic acids is 1. The number of hydrogen-bond donors (Lipinski definition) is 3. The quantitative estimate of drug-likeness (QED) is 0.508. The molecule has 10 heteroatoms. The molecule has 0 radical (unpaired) electrons. The van der Waals surface area contributed by atoms with Gasteiger partial charge in [-0.25, -0.2) is 9.78 Å². The minimum atomic E-state index is -0.988. The van der Waals surface area contributed by atoms with Crippen LogP contribution in [0.3, 0.4) is 0 Å². The predicted molar refractivity (Wildman–Crippen MR) is 135 cm³/mol. The topological polar surface area (TPSA) is 142 Å². The highest BCUT2D eigenvalue weighted by Crippen LogP contribution is 2.43. The van der Waals surface area contributed by atoms with Crippen molar-refractivity contribution >= 4 is 23.7 Å². The standard InChI is InChI=1S/C27H39N5O5/c1-27(2,3)22(25(35)32-15-17-10-7-11-18(17)21(32)26(36)37)31-24(34)20(16-8-5-4-6-9-16)30-23(33)19-14-28-12-13-29-19/h12-14,16-18,20-22H,4-11,15H2,1-3H3,(H,30,33)(H,31,34)(H,36,37). The number of aliphatic carboxylic acids is 1. The molecule has 1 aliphatic heterocycles. The van der Waals surface area contributed by atoms with E-state index in [2.05, 4.69) is 20.6 Å². The summed E-state index contributed by atoms with van der Waals surface area (Å²) in [5.74, 6) is -2.20. The summed E-state index contributed by atoms with van der Waals surface area (Å²) < 4.78 is 0. The van der Waals surface area contributed by atoms with Gasteiger partial charge < -0.3 is 20.6 Å². The number of nitrogens with one attached hydrogen (secondary N) is 2. The first-order chi connectivity index (χ1) is 17.6. The summed E-state index contributed by atoms with van der Waals surface area (Å²) >= 11 is 0. The van der Waals surface area contributed by atoms with Crippen LogP contribution in [0.4, 0.5) is 0 Å². The molecule has 10 nitrogen and oxygen atoms in total. The van der Waals surface area contributed by atoms with Crippen LogP contribution in [0.15, 0.2) is 18.6 Å². The summed E-state index contributed by atoms with van der Waals surface area (Å²) in [7, 11) is 0. The van der Waals surface area contributed by atoms with Crippen LogP contribution in [0.1, 0.15) is 82.6 Å². The van der Waals surface area contributed by atoms with E-state index in [1.54, 1.807) is 0 Å². The molecule has 1 saturated heterocycles. The molecule has 5 unspecified atom stereocenters. The van der Waals surface area contributed by atoms with Crippen molar-refractivity contribution in [3.63, 3.8) is 0 Å². The summed E-state index contributed by atoms with van der Waals surface area (Å²) in [5.41, 5.74) is -0.549. The molecular weight excluding hydrogens is 474 g/mol. The normalized spacial score (nSPS) is 25.7. The Morgan fingerprint density at radius 2 is 1.73 bits per heavy atom. The third-order valence-electron chi connectivity index (χ3n) is 8.31. The molecule has 202 valence electrons. The van der Waals surface area contributed by atoms with E-state index < -0.39 is 41.3 Å². The molecule has 2 saturated carbocycles. The van der Waals surface area contributed by atoms with Crippen molar-refractivity contribution in [1.82, 2.24) is 25.5 Å². The van der Waals surface area contributed by atoms with Gasteiger partial charge in [-0.2, -0.15) is 0 Å². The second-order valence-corrected chi connectivity index (χ2v) is 11.9. The molecule has 3 fully saturated rings. The van der Waals surface area contributed by atoms with Gasteiger partial charge in [0.25, 0.3) is 5.91 Å². The number of carbonyl (C=O) groups is 4. The summed E-state index contributed by atoms with van der Waals surface area (Å²) in [4.78, 5) is 62.2. The molecule has 0 spiro atoms. The van der Waals surface area contributed by atoms with Crippen LogP contribution in [0.5, 0.6) is 0 Å². The van der Waals surface area contributed by atoms with Crippen LogP contribution in [-0.2, 0) is 14.4 Å². The number of rotatable bonds is 7. The lowest BCUT2D eigenvalue weighted by Crippen LogP contribution is -2.61. The minimum absolute atomic E-state index is 0.0426. The molecular formula is C27H39N5O5. The van der Waals surface area contributed by atoms with Crippen molar-refractivity contribution in [1.29, 1.82) is 0 Å². The zero-order valence-corrected chi connectivity index (χ0v) is 22.0. The van der Waals surface area contributed by atoms with Crippen LogP contribution in [0, 0.1) is 23.2 Å². The monoisotopic (exact) mass is 513 g/mol. The molecule has 2 heterocycles. The first-order valence-electron chi connectivity index (χ1n) is 13.5. The molecule has 1 aromatic rings. The van der Waals surface area contributed by atoms with Crippen LogP contribution < -0.4 is 10.6 Å². The van der Waals surface area contributed by atoms with Gasteiger partial charge in [-0.1, -0.05) is 46.5 Å². The van der Waals surface area contributed by atoms with Crippen molar-refractivity contribution in [2.45, 2.75) is 90.3 Å². The molecule has 3 aliphatic rings. The molecule has 4 rings (SSSR count). The third kappa shape index (κ3) is 5.93. The average molecular weight is 514 g/mol. The number of amides is 3. The van der Waals surface area contributed by atoms with Crippen LogP contribution in [0.2, 0.25) is 0 Å². The van der Waals surface area contributed by atoms with Gasteiger partial charge in [0.1, 0.15) is 23.8 Å². The molecule has 5 atom stereocenters. The zero-order chi connectivity index (χ0) is 26.7. The Balaban J connectivity index is 1.56. The summed E-state index contributed by atoms with van der Waals surface area (Å²) in [5, 5.41) is 15.8. The molecule has 3 N–H and O–H groups in total. The van der Waals surface area contributed by atoms with E-state index in [9.17, 15) is 24.3 Å². The highest BCUT2D eigenvalue weighted by Gasteiger charge is 2.52. The van der Waals surface area contributed by atoms with Crippen molar-refractivity contribution in [2.24, 2.45) is 23.2 Å². The van der Waals surface area contributed by atoms with Crippen molar-refractivity contribution in [3.8, 4) is 0 Å². The van der Waals surface area contributed by atoms with E-state index in [1.165, 1.54) is 23.5 Å². The second-order valence-electron chi connectivity index (χ2n) is 11.9. The Bertz CT molecular complexity index is 1000. The van der Waals surface area contributed by atoms with Gasteiger partial charge in [0.15, 0.2) is 0 Å². The lowest BCUT2D eigenvalue weighted by Gasteiger charge is -2.37. The lowest BCUT2D eigenvalue weighted by molar-refractivity contribution is -0.152. The van der Waals surface area contributed by atoms with Gasteiger partial charge >= 0.3 is 5.97 Å². The lowest BCUT2D eigenvalue weighted by atomic mass is 9.82. The summed E-state index contributed by atoms with van der Waals surface area (Å²) in [6.07, 6.45) is 11.5. The van der Waals surface area contributed by atoms with Gasteiger partial charge in [-0.15, -0.1) is 0 Å². The van der Waals surface area contributed by atoms with Crippen LogP contribution >= 0.6 is 0 Å². The van der Waals surface area contributed by atoms with Gasteiger partial charge in [-0.3, -0.25) is 19.4 Å². The van der Waals surface area contributed by atoms with Gasteiger partial charge in [0.05, 0.1) is 6.20 Å². The first-order valence-corrected chi connectivity index (χ1v) is 13.5. The maximum absolute atomic E-state index is 13.9. The summed E-state index contributed by atoms with van der Waals surface area (Å²) in [6, 6.07) is -2.63. The molecule has 2 aliphatic carbocycles. The molecule has 0 bridgehead atoms. The first kappa shape index (κ1) is 27.0. The van der Waals surface area contributed by atoms with E-state index in [0.717, 1.165) is 51.4 Å². The Kier molecular flexibility index (Phi) is 8.14. The fourth-order valence-electron chi connectivity index (χ4n) is 6.39. The predicted octanol–water partition coefficient (Wildman–Crippen LogP) is 2.40. The van der Waals surface area contributed by atoms with E-state index in [-0.39, 0.29) is 29.4 Å². The maximum Gasteiger partial charge on any atom is 0.326 e.